The third-order valence-electron chi connectivity index (χ3n) is 3.07. The first-order valence-corrected chi connectivity index (χ1v) is 6.47. The molecule has 0 spiro atoms. The molecule has 0 saturated carbocycles. The number of alkyl halides is 3. The van der Waals surface area contributed by atoms with Crippen molar-refractivity contribution in [2.45, 2.75) is 12.6 Å². The topological polar surface area (TPSA) is 71.5 Å². The molecule has 1 atom stereocenters. The smallest absolute Gasteiger partial charge is 0.417 e. The molecule has 0 bridgehead atoms. The Morgan fingerprint density at radius 3 is 2.77 bits per heavy atom. The molecule has 120 valence electrons. The molecule has 0 unspecified atom stereocenters. The van der Waals surface area contributed by atoms with Crippen LogP contribution in [0, 0.1) is 5.92 Å². The van der Waals surface area contributed by atoms with Crippen LogP contribution in [0.2, 0.25) is 5.02 Å². The number of aromatic nitrogens is 1. The normalized spacial score (nSPS) is 18.5. The molecule has 2 rings (SSSR count). The van der Waals surface area contributed by atoms with Crippen LogP contribution < -0.4 is 5.43 Å². The SMILES string of the molecule is COC(=O)[C@@H]1CC(=O)N(Nc2ncc(C(F)(F)F)cc2Cl)C1. The molecule has 1 aromatic heterocycles. The molecule has 6 nitrogen and oxygen atoms in total. The van der Waals surface area contributed by atoms with Crippen LogP contribution in [0.25, 0.3) is 0 Å². The molecule has 0 radical (unpaired) electrons. The standard InChI is InChI=1S/C12H11ClF3N3O3/c1-22-11(21)6-2-9(20)19(5-6)18-10-8(13)3-7(4-17-10)12(14,15)16/h3-4,6H,2,5H2,1H3,(H,17,18)/t6-/m1/s1. The van der Waals surface area contributed by atoms with Crippen molar-refractivity contribution in [3.8, 4) is 0 Å². The van der Waals surface area contributed by atoms with Gasteiger partial charge >= 0.3 is 12.1 Å². The van der Waals surface area contributed by atoms with Gasteiger partial charge in [0.2, 0.25) is 5.91 Å². The molecule has 22 heavy (non-hydrogen) atoms. The average molecular weight is 338 g/mol. The highest BCUT2D eigenvalue weighted by Gasteiger charge is 2.36. The number of pyridine rings is 1. The van der Waals surface area contributed by atoms with Gasteiger partial charge in [-0.2, -0.15) is 13.2 Å². The number of hydrazine groups is 1. The lowest BCUT2D eigenvalue weighted by molar-refractivity contribution is -0.145. The molecule has 10 heteroatoms. The second-order valence-corrected chi connectivity index (χ2v) is 5.00. The van der Waals surface area contributed by atoms with Gasteiger partial charge in [-0.25, -0.2) is 4.98 Å². The Kier molecular flexibility index (Phi) is 4.45. The maximum atomic E-state index is 12.5. The zero-order chi connectivity index (χ0) is 16.5. The third-order valence-corrected chi connectivity index (χ3v) is 3.36. The molecule has 2 heterocycles. The van der Waals surface area contributed by atoms with E-state index in [2.05, 4.69) is 15.1 Å². The number of amides is 1. The van der Waals surface area contributed by atoms with Gasteiger partial charge in [-0.1, -0.05) is 11.6 Å². The molecular formula is C12H11ClF3N3O3. The Labute approximate surface area is 128 Å². The summed E-state index contributed by atoms with van der Waals surface area (Å²) in [6.45, 7) is 0.0184. The molecule has 1 amide bonds. The van der Waals surface area contributed by atoms with Gasteiger partial charge in [0.25, 0.3) is 0 Å². The highest BCUT2D eigenvalue weighted by atomic mass is 35.5. The van der Waals surface area contributed by atoms with Crippen LogP contribution in [0.15, 0.2) is 12.3 Å². The van der Waals surface area contributed by atoms with E-state index in [0.717, 1.165) is 5.01 Å². The van der Waals surface area contributed by atoms with E-state index >= 15 is 0 Å². The number of nitrogens with zero attached hydrogens (tertiary/aromatic N) is 2. The molecule has 1 aromatic rings. The van der Waals surface area contributed by atoms with Gasteiger partial charge in [-0.15, -0.1) is 0 Å². The number of esters is 1. The van der Waals surface area contributed by atoms with Gasteiger partial charge in [0, 0.05) is 12.6 Å². The van der Waals surface area contributed by atoms with Crippen molar-refractivity contribution in [2.24, 2.45) is 5.92 Å². The minimum atomic E-state index is -4.56. The van der Waals surface area contributed by atoms with E-state index in [1.165, 1.54) is 7.11 Å². The van der Waals surface area contributed by atoms with E-state index in [0.29, 0.717) is 12.3 Å². The summed E-state index contributed by atoms with van der Waals surface area (Å²) in [6, 6.07) is 0.704. The maximum absolute atomic E-state index is 12.5. The number of methoxy groups -OCH3 is 1. The van der Waals surface area contributed by atoms with E-state index in [4.69, 9.17) is 11.6 Å². The zero-order valence-electron chi connectivity index (χ0n) is 11.3. The van der Waals surface area contributed by atoms with Crippen molar-refractivity contribution < 1.29 is 27.5 Å². The summed E-state index contributed by atoms with van der Waals surface area (Å²) >= 11 is 5.73. The quantitative estimate of drug-likeness (QED) is 0.855. The number of anilines is 1. The lowest BCUT2D eigenvalue weighted by Crippen LogP contribution is -2.32. The molecule has 0 aliphatic carbocycles. The lowest BCUT2D eigenvalue weighted by Gasteiger charge is -2.19. The number of rotatable bonds is 3. The van der Waals surface area contributed by atoms with Crippen LogP contribution in [0.1, 0.15) is 12.0 Å². The molecule has 0 aromatic carbocycles. The molecule has 1 saturated heterocycles. The summed E-state index contributed by atoms with van der Waals surface area (Å²) in [5, 5.41) is 0.785. The number of hydrogen-bond acceptors (Lipinski definition) is 5. The fourth-order valence-corrected chi connectivity index (χ4v) is 2.15. The number of ether oxygens (including phenoxy) is 1. The van der Waals surface area contributed by atoms with Crippen LogP contribution in [0.4, 0.5) is 19.0 Å². The van der Waals surface area contributed by atoms with Gasteiger partial charge in [-0.3, -0.25) is 20.0 Å². The van der Waals surface area contributed by atoms with E-state index in [-0.39, 0.29) is 23.8 Å². The Bertz CT molecular complexity index is 609. The van der Waals surface area contributed by atoms with E-state index in [1.54, 1.807) is 0 Å². The van der Waals surface area contributed by atoms with Crippen molar-refractivity contribution in [2.75, 3.05) is 19.1 Å². The van der Waals surface area contributed by atoms with Crippen LogP contribution in [0.5, 0.6) is 0 Å². The van der Waals surface area contributed by atoms with E-state index < -0.39 is 29.5 Å². The first kappa shape index (κ1) is 16.3. The second kappa shape index (κ2) is 5.99. The Hall–Kier alpha value is -2.03. The van der Waals surface area contributed by atoms with Crippen molar-refractivity contribution in [3.05, 3.63) is 22.8 Å². The Morgan fingerprint density at radius 1 is 1.55 bits per heavy atom. The van der Waals surface area contributed by atoms with Crippen molar-refractivity contribution >= 4 is 29.3 Å². The van der Waals surface area contributed by atoms with Crippen molar-refractivity contribution in [3.63, 3.8) is 0 Å². The third kappa shape index (κ3) is 3.41. The number of hydrogen-bond donors (Lipinski definition) is 1. The highest BCUT2D eigenvalue weighted by Crippen LogP contribution is 2.32. The number of carbonyl (C=O) groups is 2. The molecule has 1 fully saturated rings. The minimum Gasteiger partial charge on any atom is -0.469 e. The van der Waals surface area contributed by atoms with E-state index in [9.17, 15) is 22.8 Å². The fraction of sp³-hybridized carbons (Fsp3) is 0.417. The summed E-state index contributed by atoms with van der Waals surface area (Å²) in [5.74, 6) is -1.69. The maximum Gasteiger partial charge on any atom is 0.417 e. The van der Waals surface area contributed by atoms with Gasteiger partial charge in [0.1, 0.15) is 0 Å². The van der Waals surface area contributed by atoms with Crippen LogP contribution in [-0.4, -0.2) is 35.5 Å². The van der Waals surface area contributed by atoms with Gasteiger partial charge < -0.3 is 4.74 Å². The Morgan fingerprint density at radius 2 is 2.23 bits per heavy atom. The summed E-state index contributed by atoms with van der Waals surface area (Å²) in [4.78, 5) is 26.7. The van der Waals surface area contributed by atoms with Gasteiger partial charge in [-0.05, 0) is 6.07 Å². The first-order chi connectivity index (χ1) is 10.2. The van der Waals surface area contributed by atoms with Gasteiger partial charge in [0.05, 0.1) is 30.2 Å². The summed E-state index contributed by atoms with van der Waals surface area (Å²) in [5.41, 5.74) is 1.52. The number of carbonyl (C=O) groups excluding carboxylic acids is 2. The second-order valence-electron chi connectivity index (χ2n) is 4.59. The summed E-state index contributed by atoms with van der Waals surface area (Å²) in [6.07, 6.45) is -4.01. The number of halogens is 4. The predicted octanol–water partition coefficient (Wildman–Crippen LogP) is 2.10. The van der Waals surface area contributed by atoms with Crippen LogP contribution >= 0.6 is 11.6 Å². The summed E-state index contributed by atoms with van der Waals surface area (Å²) < 4.78 is 42.1. The zero-order valence-corrected chi connectivity index (χ0v) is 12.0. The largest absolute Gasteiger partial charge is 0.469 e. The molecule has 1 aliphatic heterocycles. The van der Waals surface area contributed by atoms with Gasteiger partial charge in [0.15, 0.2) is 5.82 Å². The lowest BCUT2D eigenvalue weighted by atomic mass is 10.1. The molecule has 1 aliphatic rings. The number of nitrogens with one attached hydrogen (secondary N) is 1. The molecular weight excluding hydrogens is 327 g/mol. The fourth-order valence-electron chi connectivity index (χ4n) is 1.94. The van der Waals surface area contributed by atoms with Crippen LogP contribution in [0.3, 0.4) is 0 Å². The van der Waals surface area contributed by atoms with Crippen LogP contribution in [-0.2, 0) is 20.5 Å². The predicted molar refractivity (Wildman–Crippen MR) is 69.7 cm³/mol. The van der Waals surface area contributed by atoms with Crippen molar-refractivity contribution in [1.82, 2.24) is 9.99 Å². The highest BCUT2D eigenvalue weighted by molar-refractivity contribution is 6.33. The average Bonchev–Trinajstić information content (AvgIpc) is 2.80. The monoisotopic (exact) mass is 337 g/mol. The summed E-state index contributed by atoms with van der Waals surface area (Å²) in [7, 11) is 1.21. The first-order valence-electron chi connectivity index (χ1n) is 6.10. The van der Waals surface area contributed by atoms with Crippen molar-refractivity contribution in [1.29, 1.82) is 0 Å². The van der Waals surface area contributed by atoms with E-state index in [1.807, 2.05) is 0 Å². The minimum absolute atomic E-state index is 0.0184. The Balaban J connectivity index is 2.11. The molecule has 1 N–H and O–H groups in total.